The lowest BCUT2D eigenvalue weighted by molar-refractivity contribution is 0.145. The van der Waals surface area contributed by atoms with Crippen LogP contribution >= 0.6 is 0 Å². The van der Waals surface area contributed by atoms with Crippen LogP contribution in [0.4, 0.5) is 0 Å². The van der Waals surface area contributed by atoms with E-state index in [9.17, 15) is 5.11 Å². The number of hydrogen-bond acceptors (Lipinski definition) is 3. The molecule has 1 aliphatic rings. The summed E-state index contributed by atoms with van der Waals surface area (Å²) in [6.45, 7) is 0.579. The minimum atomic E-state index is -0.598. The first kappa shape index (κ1) is 8.53. The number of benzene rings is 1. The van der Waals surface area contributed by atoms with Gasteiger partial charge in [-0.3, -0.25) is 0 Å². The van der Waals surface area contributed by atoms with Crippen LogP contribution in [-0.2, 0) is 0 Å². The van der Waals surface area contributed by atoms with Crippen molar-refractivity contribution in [3.8, 4) is 5.75 Å². The van der Waals surface area contributed by atoms with Crippen molar-refractivity contribution in [3.05, 3.63) is 29.8 Å². The van der Waals surface area contributed by atoms with Crippen LogP contribution in [-0.4, -0.2) is 17.8 Å². The molecule has 0 aliphatic carbocycles. The van der Waals surface area contributed by atoms with E-state index in [-0.39, 0.29) is 6.04 Å². The molecule has 1 aromatic carbocycles. The first-order chi connectivity index (χ1) is 6.29. The van der Waals surface area contributed by atoms with Crippen molar-refractivity contribution >= 4 is 0 Å². The maximum absolute atomic E-state index is 9.80. The van der Waals surface area contributed by atoms with Gasteiger partial charge in [0.15, 0.2) is 0 Å². The molecular weight excluding hydrogens is 166 g/mol. The molecule has 0 amide bonds. The van der Waals surface area contributed by atoms with Gasteiger partial charge < -0.3 is 15.6 Å². The van der Waals surface area contributed by atoms with E-state index in [1.165, 1.54) is 0 Å². The maximum atomic E-state index is 9.80. The molecule has 0 saturated carbocycles. The van der Waals surface area contributed by atoms with Crippen molar-refractivity contribution < 1.29 is 9.84 Å². The van der Waals surface area contributed by atoms with Crippen LogP contribution < -0.4 is 10.5 Å². The Labute approximate surface area is 77.1 Å². The van der Waals surface area contributed by atoms with Crippen LogP contribution in [0, 0.1) is 0 Å². The Bertz CT molecular complexity index is 301. The molecule has 13 heavy (non-hydrogen) atoms. The van der Waals surface area contributed by atoms with Crippen LogP contribution in [0.25, 0.3) is 0 Å². The summed E-state index contributed by atoms with van der Waals surface area (Å²) in [5.41, 5.74) is 6.56. The summed E-state index contributed by atoms with van der Waals surface area (Å²) in [6.07, 6.45) is 0.0919. The van der Waals surface area contributed by atoms with E-state index < -0.39 is 6.10 Å². The first-order valence-electron chi connectivity index (χ1n) is 4.44. The second-order valence-electron chi connectivity index (χ2n) is 3.28. The summed E-state index contributed by atoms with van der Waals surface area (Å²) in [7, 11) is 0. The highest BCUT2D eigenvalue weighted by Gasteiger charge is 2.23. The fourth-order valence-corrected chi connectivity index (χ4v) is 1.55. The molecule has 2 rings (SSSR count). The van der Waals surface area contributed by atoms with E-state index >= 15 is 0 Å². The lowest BCUT2D eigenvalue weighted by atomic mass is 10.0. The summed E-state index contributed by atoms with van der Waals surface area (Å²) < 4.78 is 5.45. The highest BCUT2D eigenvalue weighted by Crippen LogP contribution is 2.30. The van der Waals surface area contributed by atoms with Crippen LogP contribution in [0.1, 0.15) is 18.1 Å². The van der Waals surface area contributed by atoms with Gasteiger partial charge in [-0.25, -0.2) is 0 Å². The minimum absolute atomic E-state index is 0.219. The Balaban J connectivity index is 2.40. The predicted molar refractivity (Wildman–Crippen MR) is 49.5 cm³/mol. The molecule has 1 aliphatic heterocycles. The number of aliphatic hydroxyl groups excluding tert-OH is 1. The summed E-state index contributed by atoms with van der Waals surface area (Å²) in [5, 5.41) is 9.80. The number of nitrogens with two attached hydrogens (primary N) is 1. The van der Waals surface area contributed by atoms with Crippen LogP contribution in [0.2, 0.25) is 0 Å². The third kappa shape index (κ3) is 1.53. The molecule has 0 spiro atoms. The second kappa shape index (κ2) is 3.36. The number of rotatable bonds is 0. The average molecular weight is 179 g/mol. The van der Waals surface area contributed by atoms with E-state index in [4.69, 9.17) is 10.5 Å². The van der Waals surface area contributed by atoms with Gasteiger partial charge in [0.2, 0.25) is 0 Å². The monoisotopic (exact) mass is 179 g/mol. The maximum Gasteiger partial charge on any atom is 0.125 e. The minimum Gasteiger partial charge on any atom is -0.493 e. The molecule has 70 valence electrons. The van der Waals surface area contributed by atoms with Gasteiger partial charge in [0, 0.05) is 11.6 Å². The number of aliphatic hydroxyl groups is 1. The summed E-state index contributed by atoms with van der Waals surface area (Å²) in [4.78, 5) is 0. The summed E-state index contributed by atoms with van der Waals surface area (Å²) in [6, 6.07) is 7.26. The molecule has 2 atom stereocenters. The molecule has 0 saturated heterocycles. The van der Waals surface area contributed by atoms with Crippen LogP contribution in [0.15, 0.2) is 24.3 Å². The second-order valence-corrected chi connectivity index (χ2v) is 3.28. The Hall–Kier alpha value is -1.06. The van der Waals surface area contributed by atoms with E-state index in [1.54, 1.807) is 0 Å². The van der Waals surface area contributed by atoms with Crippen molar-refractivity contribution in [2.45, 2.75) is 18.6 Å². The zero-order valence-corrected chi connectivity index (χ0v) is 7.31. The van der Waals surface area contributed by atoms with E-state index in [0.717, 1.165) is 11.3 Å². The number of para-hydroxylation sites is 1. The lowest BCUT2D eigenvalue weighted by Gasteiger charge is -2.15. The van der Waals surface area contributed by atoms with E-state index in [0.29, 0.717) is 13.0 Å². The Morgan fingerprint density at radius 3 is 3.00 bits per heavy atom. The number of hydrogen-bond donors (Lipinski definition) is 2. The molecule has 0 radical (unpaired) electrons. The fourth-order valence-electron chi connectivity index (χ4n) is 1.55. The summed E-state index contributed by atoms with van der Waals surface area (Å²) in [5.74, 6) is 0.753. The van der Waals surface area contributed by atoms with Crippen molar-refractivity contribution in [3.63, 3.8) is 0 Å². The first-order valence-corrected chi connectivity index (χ1v) is 4.44. The SMILES string of the molecule is NC1CCOc2ccccc2C1O. The highest BCUT2D eigenvalue weighted by molar-refractivity contribution is 5.36. The largest absolute Gasteiger partial charge is 0.493 e. The Kier molecular flexibility index (Phi) is 2.20. The topological polar surface area (TPSA) is 55.5 Å². The van der Waals surface area contributed by atoms with Crippen molar-refractivity contribution in [1.29, 1.82) is 0 Å². The lowest BCUT2D eigenvalue weighted by Crippen LogP contribution is -2.28. The van der Waals surface area contributed by atoms with Gasteiger partial charge in [0.25, 0.3) is 0 Å². The predicted octanol–water partition coefficient (Wildman–Crippen LogP) is 0.830. The molecule has 3 N–H and O–H groups in total. The molecule has 0 fully saturated rings. The summed E-state index contributed by atoms with van der Waals surface area (Å²) >= 11 is 0. The van der Waals surface area contributed by atoms with Crippen molar-refractivity contribution in [2.75, 3.05) is 6.61 Å². The number of fused-ring (bicyclic) bond motifs is 1. The zero-order valence-electron chi connectivity index (χ0n) is 7.31. The van der Waals surface area contributed by atoms with Gasteiger partial charge in [-0.15, -0.1) is 0 Å². The van der Waals surface area contributed by atoms with Gasteiger partial charge in [-0.1, -0.05) is 18.2 Å². The molecule has 1 heterocycles. The molecule has 0 aromatic heterocycles. The van der Waals surface area contributed by atoms with Crippen LogP contribution in [0.3, 0.4) is 0 Å². The van der Waals surface area contributed by atoms with Crippen LogP contribution in [0.5, 0.6) is 5.75 Å². The van der Waals surface area contributed by atoms with Gasteiger partial charge in [-0.2, -0.15) is 0 Å². The molecule has 2 unspecified atom stereocenters. The zero-order chi connectivity index (χ0) is 9.26. The molecular formula is C10H13NO2. The molecule has 1 aromatic rings. The Morgan fingerprint density at radius 1 is 1.38 bits per heavy atom. The third-order valence-electron chi connectivity index (χ3n) is 2.35. The quantitative estimate of drug-likeness (QED) is 0.620. The van der Waals surface area contributed by atoms with Gasteiger partial charge in [0.1, 0.15) is 5.75 Å². The molecule has 0 bridgehead atoms. The van der Waals surface area contributed by atoms with E-state index in [2.05, 4.69) is 0 Å². The molecule has 3 heteroatoms. The average Bonchev–Trinajstić information content (AvgIpc) is 2.29. The van der Waals surface area contributed by atoms with Gasteiger partial charge in [0.05, 0.1) is 12.7 Å². The normalized spacial score (nSPS) is 27.2. The van der Waals surface area contributed by atoms with E-state index in [1.807, 2.05) is 24.3 Å². The van der Waals surface area contributed by atoms with Gasteiger partial charge in [-0.05, 0) is 12.5 Å². The Morgan fingerprint density at radius 2 is 2.15 bits per heavy atom. The smallest absolute Gasteiger partial charge is 0.125 e. The molecule has 3 nitrogen and oxygen atoms in total. The van der Waals surface area contributed by atoms with Crippen molar-refractivity contribution in [2.24, 2.45) is 5.73 Å². The standard InChI is InChI=1S/C10H13NO2/c11-8-5-6-13-9-4-2-1-3-7(9)10(8)12/h1-4,8,10,12H,5-6,11H2. The third-order valence-corrected chi connectivity index (χ3v) is 2.35. The number of ether oxygens (including phenoxy) is 1. The fraction of sp³-hybridized carbons (Fsp3) is 0.400. The highest BCUT2D eigenvalue weighted by atomic mass is 16.5. The van der Waals surface area contributed by atoms with Gasteiger partial charge >= 0.3 is 0 Å². The van der Waals surface area contributed by atoms with Crippen molar-refractivity contribution in [1.82, 2.24) is 0 Å².